The van der Waals surface area contributed by atoms with Gasteiger partial charge in [0.15, 0.2) is 16.5 Å². The Morgan fingerprint density at radius 2 is 2.11 bits per heavy atom. The lowest BCUT2D eigenvalue weighted by atomic mass is 9.99. The molecular weight excluding hydrogens is 403 g/mol. The van der Waals surface area contributed by atoms with Crippen molar-refractivity contribution in [3.8, 4) is 5.82 Å². The van der Waals surface area contributed by atoms with Crippen molar-refractivity contribution in [2.75, 3.05) is 6.26 Å². The largest absolute Gasteiger partial charge is 0.612 e. The van der Waals surface area contributed by atoms with E-state index >= 15 is 0 Å². The Kier molecular flexibility index (Phi) is 6.43. The third-order valence-electron chi connectivity index (χ3n) is 4.27. The van der Waals surface area contributed by atoms with Crippen LogP contribution in [0.25, 0.3) is 5.82 Å². The molecule has 0 saturated carbocycles. The van der Waals surface area contributed by atoms with Crippen molar-refractivity contribution in [3.63, 3.8) is 0 Å². The summed E-state index contributed by atoms with van der Waals surface area (Å²) in [6.07, 6.45) is 4.84. The first-order chi connectivity index (χ1) is 13.3. The maximum Gasteiger partial charge on any atom is 0.163 e. The van der Waals surface area contributed by atoms with E-state index in [4.69, 9.17) is 11.6 Å². The first kappa shape index (κ1) is 20.4. The van der Waals surface area contributed by atoms with Crippen LogP contribution in [0.5, 0.6) is 0 Å². The molecule has 0 aliphatic rings. The third kappa shape index (κ3) is 4.76. The zero-order valence-corrected chi connectivity index (χ0v) is 16.9. The molecule has 0 aliphatic heterocycles. The number of halogens is 2. The van der Waals surface area contributed by atoms with Gasteiger partial charge in [0.25, 0.3) is 0 Å². The summed E-state index contributed by atoms with van der Waals surface area (Å²) >= 11 is 4.82. The van der Waals surface area contributed by atoms with Gasteiger partial charge in [0.2, 0.25) is 0 Å². The molecule has 0 fully saturated rings. The van der Waals surface area contributed by atoms with Crippen LogP contribution in [0.1, 0.15) is 41.9 Å². The van der Waals surface area contributed by atoms with Gasteiger partial charge in [-0.15, -0.1) is 0 Å². The molecule has 9 heteroatoms. The average molecular weight is 421 g/mol. The Hall–Kier alpha value is -2.29. The van der Waals surface area contributed by atoms with Gasteiger partial charge in [0.05, 0.1) is 6.20 Å². The second-order valence-corrected chi connectivity index (χ2v) is 8.17. The first-order valence-electron chi connectivity index (χ1n) is 8.54. The molecule has 6 nitrogen and oxygen atoms in total. The van der Waals surface area contributed by atoms with E-state index in [1.54, 1.807) is 18.2 Å². The van der Waals surface area contributed by atoms with E-state index in [1.165, 1.54) is 29.4 Å². The fraction of sp³-hybridized carbons (Fsp3) is 0.263. The number of pyridine rings is 1. The number of benzene rings is 1. The van der Waals surface area contributed by atoms with Gasteiger partial charge in [-0.2, -0.15) is 9.78 Å². The lowest BCUT2D eigenvalue weighted by Crippen LogP contribution is -2.10. The Balaban J connectivity index is 1.71. The molecule has 2 heterocycles. The summed E-state index contributed by atoms with van der Waals surface area (Å²) in [5, 5.41) is 4.53. The fourth-order valence-corrected chi connectivity index (χ4v) is 3.65. The Labute approximate surface area is 170 Å². The number of carbonyl (C=O) groups is 1. The fourth-order valence-electron chi connectivity index (χ4n) is 2.77. The van der Waals surface area contributed by atoms with Crippen molar-refractivity contribution in [2.24, 2.45) is 0 Å². The SMILES string of the molecule is CC(CCC(=O)c1cc(Cl)cc([S+](C)[O-])c1)c1ncnn1-c1ccc(F)cn1. The molecular formula is C19H18ClFN4O2S. The van der Waals surface area contributed by atoms with Crippen molar-refractivity contribution in [1.29, 1.82) is 0 Å². The minimum absolute atomic E-state index is 0.0859. The van der Waals surface area contributed by atoms with Crippen LogP contribution in [0.15, 0.2) is 47.8 Å². The molecule has 0 bridgehead atoms. The zero-order chi connectivity index (χ0) is 20.3. The number of Topliss-reactive ketones (excluding diaryl/α,β-unsaturated/α-hetero) is 1. The minimum atomic E-state index is -1.22. The van der Waals surface area contributed by atoms with Crippen molar-refractivity contribution in [1.82, 2.24) is 19.7 Å². The van der Waals surface area contributed by atoms with Crippen molar-refractivity contribution in [2.45, 2.75) is 30.6 Å². The molecule has 0 N–H and O–H groups in total. The van der Waals surface area contributed by atoms with E-state index in [1.807, 2.05) is 6.92 Å². The molecule has 3 aromatic rings. The number of hydrogen-bond acceptors (Lipinski definition) is 5. The number of ketones is 1. The Morgan fingerprint density at radius 3 is 2.79 bits per heavy atom. The molecule has 0 saturated heterocycles. The van der Waals surface area contributed by atoms with Crippen LogP contribution < -0.4 is 0 Å². The number of carbonyl (C=O) groups excluding carboxylic acids is 1. The molecule has 0 radical (unpaired) electrons. The minimum Gasteiger partial charge on any atom is -0.612 e. The van der Waals surface area contributed by atoms with Crippen LogP contribution in [0, 0.1) is 5.82 Å². The predicted molar refractivity (Wildman–Crippen MR) is 105 cm³/mol. The number of aromatic nitrogens is 4. The summed E-state index contributed by atoms with van der Waals surface area (Å²) in [4.78, 5) is 21.4. The number of nitrogens with zero attached hydrogens (tertiary/aromatic N) is 4. The van der Waals surface area contributed by atoms with E-state index < -0.39 is 17.0 Å². The van der Waals surface area contributed by atoms with Gasteiger partial charge >= 0.3 is 0 Å². The van der Waals surface area contributed by atoms with Crippen molar-refractivity contribution >= 4 is 28.6 Å². The topological polar surface area (TPSA) is 83.7 Å². The van der Waals surface area contributed by atoms with Gasteiger partial charge in [-0.05, 0) is 35.8 Å². The summed E-state index contributed by atoms with van der Waals surface area (Å²) in [6.45, 7) is 1.93. The van der Waals surface area contributed by atoms with Crippen LogP contribution >= 0.6 is 11.6 Å². The molecule has 0 spiro atoms. The lowest BCUT2D eigenvalue weighted by molar-refractivity contribution is 0.0977. The van der Waals surface area contributed by atoms with Crippen LogP contribution in [-0.2, 0) is 11.2 Å². The summed E-state index contributed by atoms with van der Waals surface area (Å²) in [5.41, 5.74) is 0.437. The summed E-state index contributed by atoms with van der Waals surface area (Å²) in [7, 11) is 0. The standard InChI is InChI=1S/C19H18ClFN4O2S/c1-12(19-23-11-24-25(19)18-6-4-15(21)10-22-18)3-5-17(26)13-7-14(20)9-16(8-13)28(2)27/h4,6-12H,3,5H2,1-2H3. The lowest BCUT2D eigenvalue weighted by Gasteiger charge is -2.12. The van der Waals surface area contributed by atoms with Gasteiger partial charge in [-0.25, -0.2) is 14.4 Å². The second kappa shape index (κ2) is 8.81. The number of hydrogen-bond donors (Lipinski definition) is 0. The highest BCUT2D eigenvalue weighted by molar-refractivity contribution is 7.90. The van der Waals surface area contributed by atoms with Crippen LogP contribution in [0.2, 0.25) is 5.02 Å². The molecule has 2 unspecified atom stereocenters. The predicted octanol–water partition coefficient (Wildman–Crippen LogP) is 3.96. The summed E-state index contributed by atoms with van der Waals surface area (Å²) < 4.78 is 26.3. The van der Waals surface area contributed by atoms with E-state index in [0.717, 1.165) is 6.20 Å². The Morgan fingerprint density at radius 1 is 1.32 bits per heavy atom. The van der Waals surface area contributed by atoms with Gasteiger partial charge < -0.3 is 4.55 Å². The molecule has 1 aromatic carbocycles. The maximum absolute atomic E-state index is 13.1. The van der Waals surface area contributed by atoms with Gasteiger partial charge in [0.1, 0.15) is 24.2 Å². The molecule has 146 valence electrons. The molecule has 0 amide bonds. The zero-order valence-electron chi connectivity index (χ0n) is 15.3. The summed E-state index contributed by atoms with van der Waals surface area (Å²) in [5.74, 6) is 0.479. The maximum atomic E-state index is 13.1. The first-order valence-corrected chi connectivity index (χ1v) is 10.5. The highest BCUT2D eigenvalue weighted by atomic mass is 35.5. The van der Waals surface area contributed by atoms with Crippen molar-refractivity contribution < 1.29 is 13.7 Å². The van der Waals surface area contributed by atoms with Crippen LogP contribution in [0.3, 0.4) is 0 Å². The molecule has 28 heavy (non-hydrogen) atoms. The van der Waals surface area contributed by atoms with Crippen LogP contribution in [0.4, 0.5) is 4.39 Å². The van der Waals surface area contributed by atoms with Gasteiger partial charge in [0, 0.05) is 35.1 Å². The van der Waals surface area contributed by atoms with E-state index in [-0.39, 0.29) is 18.1 Å². The molecule has 2 aromatic heterocycles. The van der Waals surface area contributed by atoms with Crippen LogP contribution in [-0.4, -0.2) is 36.3 Å². The van der Waals surface area contributed by atoms with E-state index in [9.17, 15) is 13.7 Å². The molecule has 3 rings (SSSR count). The monoisotopic (exact) mass is 420 g/mol. The molecule has 2 atom stereocenters. The molecule has 0 aliphatic carbocycles. The van der Waals surface area contributed by atoms with Crippen molar-refractivity contribution in [3.05, 3.63) is 65.1 Å². The Bertz CT molecular complexity index is 978. The van der Waals surface area contributed by atoms with Gasteiger partial charge in [-0.3, -0.25) is 4.79 Å². The number of rotatable bonds is 7. The highest BCUT2D eigenvalue weighted by Crippen LogP contribution is 2.24. The van der Waals surface area contributed by atoms with E-state index in [2.05, 4.69) is 15.1 Å². The summed E-state index contributed by atoms with van der Waals surface area (Å²) in [6, 6.07) is 7.60. The third-order valence-corrected chi connectivity index (χ3v) is 5.39. The normalized spacial score (nSPS) is 13.3. The van der Waals surface area contributed by atoms with Gasteiger partial charge in [-0.1, -0.05) is 18.5 Å². The smallest absolute Gasteiger partial charge is 0.163 e. The second-order valence-electron chi connectivity index (χ2n) is 6.36. The average Bonchev–Trinajstić information content (AvgIpc) is 3.15. The van der Waals surface area contributed by atoms with E-state index in [0.29, 0.717) is 33.5 Å². The highest BCUT2D eigenvalue weighted by Gasteiger charge is 2.18. The quantitative estimate of drug-likeness (QED) is 0.426.